The Morgan fingerprint density at radius 2 is 1.94 bits per heavy atom. The maximum absolute atomic E-state index is 11.8. The second-order valence-corrected chi connectivity index (χ2v) is 3.71. The third-order valence-electron chi connectivity index (χ3n) is 2.58. The molecule has 1 aromatic rings. The lowest BCUT2D eigenvalue weighted by atomic mass is 10.3. The molecule has 1 heterocycles. The number of amides is 1. The van der Waals surface area contributed by atoms with Crippen LogP contribution >= 0.6 is 0 Å². The number of hydrogen-bond donors (Lipinski definition) is 1. The monoisotopic (exact) mass is 220 g/mol. The van der Waals surface area contributed by atoms with Crippen molar-refractivity contribution >= 4 is 11.6 Å². The van der Waals surface area contributed by atoms with E-state index in [4.69, 9.17) is 4.74 Å². The van der Waals surface area contributed by atoms with E-state index in [-0.39, 0.29) is 5.91 Å². The summed E-state index contributed by atoms with van der Waals surface area (Å²) in [6.07, 6.45) is 0. The van der Waals surface area contributed by atoms with Crippen LogP contribution in [-0.4, -0.2) is 43.7 Å². The largest absolute Gasteiger partial charge is 0.378 e. The molecule has 1 amide bonds. The van der Waals surface area contributed by atoms with Crippen LogP contribution in [0.5, 0.6) is 0 Å². The van der Waals surface area contributed by atoms with Gasteiger partial charge in [0.25, 0.3) is 0 Å². The predicted octanol–water partition coefficient (Wildman–Crippen LogP) is 0.957. The summed E-state index contributed by atoms with van der Waals surface area (Å²) in [4.78, 5) is 13.6. The van der Waals surface area contributed by atoms with E-state index in [9.17, 15) is 4.79 Å². The highest BCUT2D eigenvalue weighted by atomic mass is 16.5. The second kappa shape index (κ2) is 5.51. The minimum absolute atomic E-state index is 0.132. The van der Waals surface area contributed by atoms with Crippen LogP contribution in [-0.2, 0) is 9.53 Å². The van der Waals surface area contributed by atoms with E-state index >= 15 is 0 Å². The summed E-state index contributed by atoms with van der Waals surface area (Å²) in [5.41, 5.74) is 0.976. The standard InChI is InChI=1S/C12H16N2O2/c15-12(14-6-8-16-9-7-14)10-13-11-4-2-1-3-5-11/h1-5,13H,6-10H2. The van der Waals surface area contributed by atoms with Crippen molar-refractivity contribution in [2.45, 2.75) is 0 Å². The van der Waals surface area contributed by atoms with Gasteiger partial charge in [0.15, 0.2) is 0 Å². The van der Waals surface area contributed by atoms with Crippen molar-refractivity contribution in [1.82, 2.24) is 4.90 Å². The van der Waals surface area contributed by atoms with E-state index < -0.39 is 0 Å². The van der Waals surface area contributed by atoms with Gasteiger partial charge in [-0.15, -0.1) is 0 Å². The zero-order chi connectivity index (χ0) is 11.2. The second-order valence-electron chi connectivity index (χ2n) is 3.71. The molecule has 0 saturated carbocycles. The van der Waals surface area contributed by atoms with Gasteiger partial charge in [0, 0.05) is 18.8 Å². The number of ether oxygens (including phenoxy) is 1. The van der Waals surface area contributed by atoms with Crippen molar-refractivity contribution in [1.29, 1.82) is 0 Å². The molecule has 1 aliphatic heterocycles. The topological polar surface area (TPSA) is 41.6 Å². The van der Waals surface area contributed by atoms with Crippen molar-refractivity contribution in [3.05, 3.63) is 30.3 Å². The first-order valence-corrected chi connectivity index (χ1v) is 5.51. The van der Waals surface area contributed by atoms with Gasteiger partial charge in [-0.25, -0.2) is 0 Å². The Morgan fingerprint density at radius 3 is 2.62 bits per heavy atom. The van der Waals surface area contributed by atoms with E-state index in [1.165, 1.54) is 0 Å². The highest BCUT2D eigenvalue weighted by Gasteiger charge is 2.15. The van der Waals surface area contributed by atoms with Crippen LogP contribution in [0, 0.1) is 0 Å². The molecule has 4 heteroatoms. The maximum atomic E-state index is 11.8. The summed E-state index contributed by atoms with van der Waals surface area (Å²) in [6, 6.07) is 9.75. The molecule has 0 radical (unpaired) electrons. The van der Waals surface area contributed by atoms with Crippen molar-refractivity contribution in [3.63, 3.8) is 0 Å². The predicted molar refractivity (Wildman–Crippen MR) is 62.3 cm³/mol. The molecule has 0 bridgehead atoms. The number of anilines is 1. The Kier molecular flexibility index (Phi) is 3.77. The van der Waals surface area contributed by atoms with Gasteiger partial charge < -0.3 is 15.0 Å². The molecular formula is C12H16N2O2. The number of nitrogens with zero attached hydrogens (tertiary/aromatic N) is 1. The van der Waals surface area contributed by atoms with E-state index in [0.717, 1.165) is 5.69 Å². The van der Waals surface area contributed by atoms with Crippen molar-refractivity contribution in [2.75, 3.05) is 38.2 Å². The summed E-state index contributed by atoms with van der Waals surface area (Å²) < 4.78 is 5.20. The van der Waals surface area contributed by atoms with Crippen LogP contribution in [0.3, 0.4) is 0 Å². The van der Waals surface area contributed by atoms with Crippen molar-refractivity contribution in [2.24, 2.45) is 0 Å². The molecule has 16 heavy (non-hydrogen) atoms. The van der Waals surface area contributed by atoms with Gasteiger partial charge in [-0.2, -0.15) is 0 Å². The summed E-state index contributed by atoms with van der Waals surface area (Å²) >= 11 is 0. The van der Waals surface area contributed by atoms with E-state index in [1.807, 2.05) is 35.2 Å². The first kappa shape index (κ1) is 11.0. The summed E-state index contributed by atoms with van der Waals surface area (Å²) in [5, 5.41) is 3.11. The third kappa shape index (κ3) is 2.97. The molecule has 1 N–H and O–H groups in total. The third-order valence-corrected chi connectivity index (χ3v) is 2.58. The lowest BCUT2D eigenvalue weighted by Gasteiger charge is -2.27. The van der Waals surface area contributed by atoms with Crippen LogP contribution < -0.4 is 5.32 Å². The molecule has 2 rings (SSSR count). The van der Waals surface area contributed by atoms with Crippen molar-refractivity contribution < 1.29 is 9.53 Å². The number of morpholine rings is 1. The number of benzene rings is 1. The average Bonchev–Trinajstić information content (AvgIpc) is 2.38. The van der Waals surface area contributed by atoms with Crippen LogP contribution in [0.25, 0.3) is 0 Å². The van der Waals surface area contributed by atoms with Gasteiger partial charge in [-0.1, -0.05) is 18.2 Å². The Morgan fingerprint density at radius 1 is 1.25 bits per heavy atom. The average molecular weight is 220 g/mol. The molecule has 86 valence electrons. The van der Waals surface area contributed by atoms with Gasteiger partial charge in [0.05, 0.1) is 19.8 Å². The summed E-state index contributed by atoms with van der Waals surface area (Å²) in [5.74, 6) is 0.132. The van der Waals surface area contributed by atoms with Gasteiger partial charge in [-0.3, -0.25) is 4.79 Å². The number of hydrogen-bond acceptors (Lipinski definition) is 3. The Bertz CT molecular complexity index is 334. The Labute approximate surface area is 95.2 Å². The molecule has 0 aromatic heterocycles. The van der Waals surface area contributed by atoms with Gasteiger partial charge in [0.1, 0.15) is 0 Å². The van der Waals surface area contributed by atoms with Crippen LogP contribution in [0.1, 0.15) is 0 Å². The molecule has 0 spiro atoms. The highest BCUT2D eigenvalue weighted by molar-refractivity contribution is 5.80. The smallest absolute Gasteiger partial charge is 0.242 e. The lowest BCUT2D eigenvalue weighted by molar-refractivity contribution is -0.133. The number of para-hydroxylation sites is 1. The van der Waals surface area contributed by atoms with E-state index in [0.29, 0.717) is 32.8 Å². The Hall–Kier alpha value is -1.55. The fourth-order valence-corrected chi connectivity index (χ4v) is 1.66. The fraction of sp³-hybridized carbons (Fsp3) is 0.417. The molecule has 0 aliphatic carbocycles. The summed E-state index contributed by atoms with van der Waals surface area (Å²) in [6.45, 7) is 3.06. The van der Waals surface area contributed by atoms with E-state index in [1.54, 1.807) is 0 Å². The van der Waals surface area contributed by atoms with Crippen LogP contribution in [0.15, 0.2) is 30.3 Å². The normalized spacial score (nSPS) is 15.9. The molecular weight excluding hydrogens is 204 g/mol. The summed E-state index contributed by atoms with van der Waals surface area (Å²) in [7, 11) is 0. The molecule has 1 aliphatic rings. The molecule has 1 aromatic carbocycles. The van der Waals surface area contributed by atoms with Gasteiger partial charge >= 0.3 is 0 Å². The zero-order valence-corrected chi connectivity index (χ0v) is 9.19. The molecule has 1 fully saturated rings. The first-order valence-electron chi connectivity index (χ1n) is 5.51. The van der Waals surface area contributed by atoms with Gasteiger partial charge in [-0.05, 0) is 12.1 Å². The van der Waals surface area contributed by atoms with Crippen molar-refractivity contribution in [3.8, 4) is 0 Å². The molecule has 4 nitrogen and oxygen atoms in total. The van der Waals surface area contributed by atoms with Gasteiger partial charge in [0.2, 0.25) is 5.91 Å². The lowest BCUT2D eigenvalue weighted by Crippen LogP contribution is -2.43. The number of rotatable bonds is 3. The number of carbonyl (C=O) groups excluding carboxylic acids is 1. The SMILES string of the molecule is O=C(CNc1ccccc1)N1CCOCC1. The minimum Gasteiger partial charge on any atom is -0.378 e. The first-order chi connectivity index (χ1) is 7.86. The van der Waals surface area contributed by atoms with E-state index in [2.05, 4.69) is 5.32 Å². The minimum atomic E-state index is 0.132. The molecule has 0 atom stereocenters. The quantitative estimate of drug-likeness (QED) is 0.825. The molecule has 0 unspecified atom stereocenters. The maximum Gasteiger partial charge on any atom is 0.242 e. The molecule has 1 saturated heterocycles. The fourth-order valence-electron chi connectivity index (χ4n) is 1.66. The number of nitrogens with one attached hydrogen (secondary N) is 1. The number of carbonyl (C=O) groups is 1. The van der Waals surface area contributed by atoms with Crippen LogP contribution in [0.4, 0.5) is 5.69 Å². The van der Waals surface area contributed by atoms with Crippen LogP contribution in [0.2, 0.25) is 0 Å². The highest BCUT2D eigenvalue weighted by Crippen LogP contribution is 2.05. The zero-order valence-electron chi connectivity index (χ0n) is 9.19. The Balaban J connectivity index is 1.79.